The zero-order valence-corrected chi connectivity index (χ0v) is 19.0. The maximum absolute atomic E-state index is 5.39. The summed E-state index contributed by atoms with van der Waals surface area (Å²) in [6.07, 6.45) is 5.94. The first-order chi connectivity index (χ1) is 12.7. The fraction of sp³-hybridized carbons (Fsp3) is 0.650. The van der Waals surface area contributed by atoms with E-state index in [0.29, 0.717) is 12.6 Å². The van der Waals surface area contributed by atoms with Gasteiger partial charge in [0.05, 0.1) is 12.8 Å². The molecule has 0 amide bonds. The van der Waals surface area contributed by atoms with Gasteiger partial charge in [-0.15, -0.1) is 24.0 Å². The number of hydrogen-bond donors (Lipinski definition) is 2. The lowest BCUT2D eigenvalue weighted by Gasteiger charge is -2.33. The molecule has 1 saturated heterocycles. The van der Waals surface area contributed by atoms with E-state index in [2.05, 4.69) is 27.1 Å². The van der Waals surface area contributed by atoms with Crippen molar-refractivity contribution in [3.05, 3.63) is 36.3 Å². The Bertz CT molecular complexity index is 540. The molecule has 1 aliphatic rings. The summed E-state index contributed by atoms with van der Waals surface area (Å²) in [6, 6.07) is 4.39. The van der Waals surface area contributed by atoms with E-state index in [1.807, 2.05) is 19.1 Å². The second-order valence-electron chi connectivity index (χ2n) is 6.98. The van der Waals surface area contributed by atoms with Crippen molar-refractivity contribution >= 4 is 29.9 Å². The Balaban J connectivity index is 0.00000364. The van der Waals surface area contributed by atoms with Crippen LogP contribution in [0, 0.1) is 0 Å². The third kappa shape index (κ3) is 10.2. The van der Waals surface area contributed by atoms with Gasteiger partial charge in [0.2, 0.25) is 0 Å². The topological polar surface area (TPSA) is 62.0 Å². The molecule has 1 aromatic heterocycles. The lowest BCUT2D eigenvalue weighted by Crippen LogP contribution is -2.49. The lowest BCUT2D eigenvalue weighted by molar-refractivity contribution is 0.155. The molecule has 0 unspecified atom stereocenters. The normalized spacial score (nSPS) is 16.0. The summed E-state index contributed by atoms with van der Waals surface area (Å²) in [4.78, 5) is 7.17. The zero-order valence-electron chi connectivity index (χ0n) is 16.7. The first-order valence-corrected chi connectivity index (χ1v) is 9.60. The fourth-order valence-corrected chi connectivity index (χ4v) is 3.05. The third-order valence-electron chi connectivity index (χ3n) is 4.50. The number of ether oxygens (including phenoxy) is 1. The number of methoxy groups -OCH3 is 1. The van der Waals surface area contributed by atoms with Gasteiger partial charge in [-0.2, -0.15) is 0 Å². The van der Waals surface area contributed by atoms with Gasteiger partial charge in [-0.05, 0) is 38.3 Å². The molecular formula is C20H35IN4O2. The molecule has 7 heteroatoms. The van der Waals surface area contributed by atoms with Crippen LogP contribution in [0.15, 0.2) is 40.0 Å². The molecule has 0 spiro atoms. The molecule has 2 heterocycles. The molecule has 0 saturated carbocycles. The van der Waals surface area contributed by atoms with Gasteiger partial charge in [0.1, 0.15) is 5.76 Å². The number of rotatable bonds is 10. The van der Waals surface area contributed by atoms with E-state index >= 15 is 0 Å². The van der Waals surface area contributed by atoms with Gasteiger partial charge >= 0.3 is 0 Å². The fourth-order valence-electron chi connectivity index (χ4n) is 3.05. The minimum atomic E-state index is 0. The average Bonchev–Trinajstić information content (AvgIpc) is 3.14. The highest BCUT2D eigenvalue weighted by Crippen LogP contribution is 2.10. The van der Waals surface area contributed by atoms with Crippen LogP contribution in [0.4, 0.5) is 0 Å². The molecule has 154 valence electrons. The van der Waals surface area contributed by atoms with Gasteiger partial charge in [-0.1, -0.05) is 12.2 Å². The molecule has 1 fully saturated rings. The Hall–Kier alpha value is -1.06. The predicted molar refractivity (Wildman–Crippen MR) is 122 cm³/mol. The summed E-state index contributed by atoms with van der Waals surface area (Å²) in [7, 11) is 1.76. The summed E-state index contributed by atoms with van der Waals surface area (Å²) >= 11 is 0. The van der Waals surface area contributed by atoms with Crippen LogP contribution >= 0.6 is 24.0 Å². The van der Waals surface area contributed by atoms with Gasteiger partial charge in [0, 0.05) is 52.4 Å². The molecule has 0 atom stereocenters. The highest BCUT2D eigenvalue weighted by Gasteiger charge is 2.19. The van der Waals surface area contributed by atoms with E-state index < -0.39 is 0 Å². The second-order valence-corrected chi connectivity index (χ2v) is 6.98. The summed E-state index contributed by atoms with van der Waals surface area (Å²) < 4.78 is 10.5. The van der Waals surface area contributed by atoms with Crippen LogP contribution < -0.4 is 10.6 Å². The Morgan fingerprint density at radius 3 is 2.81 bits per heavy atom. The van der Waals surface area contributed by atoms with Crippen molar-refractivity contribution in [1.29, 1.82) is 0 Å². The Morgan fingerprint density at radius 2 is 2.19 bits per heavy atom. The molecular weight excluding hydrogens is 455 g/mol. The smallest absolute Gasteiger partial charge is 0.191 e. The molecule has 2 N–H and O–H groups in total. The molecule has 0 aromatic carbocycles. The maximum Gasteiger partial charge on any atom is 0.191 e. The van der Waals surface area contributed by atoms with Crippen molar-refractivity contribution in [2.45, 2.75) is 38.6 Å². The number of aliphatic imine (C=N–C) groups is 1. The number of furan rings is 1. The van der Waals surface area contributed by atoms with Crippen LogP contribution in [-0.2, 0) is 11.2 Å². The number of hydrogen-bond acceptors (Lipinski definition) is 4. The lowest BCUT2D eigenvalue weighted by atomic mass is 10.1. The summed E-state index contributed by atoms with van der Waals surface area (Å²) in [5.74, 6) is 1.86. The number of piperidine rings is 1. The van der Waals surface area contributed by atoms with Crippen molar-refractivity contribution in [2.24, 2.45) is 4.99 Å². The van der Waals surface area contributed by atoms with Gasteiger partial charge < -0.3 is 24.7 Å². The molecule has 0 radical (unpaired) electrons. The Morgan fingerprint density at radius 1 is 1.41 bits per heavy atom. The van der Waals surface area contributed by atoms with Crippen LogP contribution in [0.25, 0.3) is 0 Å². The van der Waals surface area contributed by atoms with Crippen LogP contribution in [0.5, 0.6) is 0 Å². The number of likely N-dealkylation sites (tertiary alicyclic amines) is 1. The monoisotopic (exact) mass is 490 g/mol. The highest BCUT2D eigenvalue weighted by molar-refractivity contribution is 14.0. The van der Waals surface area contributed by atoms with Crippen LogP contribution in [0.1, 0.15) is 31.9 Å². The number of halogens is 1. The van der Waals surface area contributed by atoms with Crippen molar-refractivity contribution in [1.82, 2.24) is 15.5 Å². The van der Waals surface area contributed by atoms with E-state index in [9.17, 15) is 0 Å². The summed E-state index contributed by atoms with van der Waals surface area (Å²) in [5.41, 5.74) is 1.06. The largest absolute Gasteiger partial charge is 0.469 e. The van der Waals surface area contributed by atoms with Crippen LogP contribution in [0.3, 0.4) is 0 Å². The van der Waals surface area contributed by atoms with Gasteiger partial charge in [-0.3, -0.25) is 0 Å². The molecule has 1 aromatic rings. The van der Waals surface area contributed by atoms with E-state index in [-0.39, 0.29) is 24.0 Å². The maximum atomic E-state index is 5.39. The van der Waals surface area contributed by atoms with Crippen molar-refractivity contribution < 1.29 is 9.15 Å². The predicted octanol–water partition coefficient (Wildman–Crippen LogP) is 3.05. The number of nitrogens with zero attached hydrogens (tertiary/aromatic N) is 2. The van der Waals surface area contributed by atoms with Crippen molar-refractivity contribution in [2.75, 3.05) is 46.4 Å². The number of guanidine groups is 1. The van der Waals surface area contributed by atoms with E-state index in [4.69, 9.17) is 9.15 Å². The van der Waals surface area contributed by atoms with E-state index in [1.165, 1.54) is 0 Å². The SMILES string of the molecule is C=C(C)CN=C(NCCc1ccco1)NC1CCN(CCCOC)CC1.I. The molecule has 0 aliphatic carbocycles. The first kappa shape index (κ1) is 24.0. The molecule has 1 aliphatic heterocycles. The molecule has 0 bridgehead atoms. The number of nitrogens with one attached hydrogen (secondary N) is 2. The van der Waals surface area contributed by atoms with E-state index in [0.717, 1.165) is 75.8 Å². The Labute approximate surface area is 180 Å². The van der Waals surface area contributed by atoms with Crippen molar-refractivity contribution in [3.63, 3.8) is 0 Å². The minimum absolute atomic E-state index is 0. The summed E-state index contributed by atoms with van der Waals surface area (Å²) in [6.45, 7) is 11.6. The van der Waals surface area contributed by atoms with Gasteiger partial charge in [0.15, 0.2) is 5.96 Å². The van der Waals surface area contributed by atoms with Crippen LogP contribution in [0.2, 0.25) is 0 Å². The quantitative estimate of drug-likeness (QED) is 0.174. The minimum Gasteiger partial charge on any atom is -0.469 e. The van der Waals surface area contributed by atoms with E-state index in [1.54, 1.807) is 13.4 Å². The van der Waals surface area contributed by atoms with Gasteiger partial charge in [0.25, 0.3) is 0 Å². The third-order valence-corrected chi connectivity index (χ3v) is 4.50. The average molecular weight is 490 g/mol. The zero-order chi connectivity index (χ0) is 18.6. The van der Waals surface area contributed by atoms with Crippen molar-refractivity contribution in [3.8, 4) is 0 Å². The molecule has 6 nitrogen and oxygen atoms in total. The van der Waals surface area contributed by atoms with Gasteiger partial charge in [-0.25, -0.2) is 4.99 Å². The second kappa shape index (κ2) is 14.0. The summed E-state index contributed by atoms with van der Waals surface area (Å²) in [5, 5.41) is 7.02. The first-order valence-electron chi connectivity index (χ1n) is 9.60. The highest BCUT2D eigenvalue weighted by atomic mass is 127. The Kier molecular flexibility index (Phi) is 12.4. The molecule has 2 rings (SSSR count). The molecule has 27 heavy (non-hydrogen) atoms. The standard InChI is InChI=1S/C20H34N4O2.HI/c1-17(2)16-22-20(21-10-7-19-6-4-15-26-19)23-18-8-12-24(13-9-18)11-5-14-25-3;/h4,6,15,18H,1,5,7-14,16H2,2-3H3,(H2,21,22,23);1H. The van der Waals surface area contributed by atoms with Crippen LogP contribution in [-0.4, -0.2) is 63.3 Å².